The van der Waals surface area contributed by atoms with Gasteiger partial charge in [-0.25, -0.2) is 9.37 Å². The summed E-state index contributed by atoms with van der Waals surface area (Å²) >= 11 is 1.32. The highest BCUT2D eigenvalue weighted by Crippen LogP contribution is 2.26. The SMILES string of the molecule is CCc1nn(-c2cc(Oc3ccc(F)cc3)nc(SC)n2)c(N)c1C#N. The van der Waals surface area contributed by atoms with Crippen LogP contribution in [0, 0.1) is 17.1 Å². The second-order valence-electron chi connectivity index (χ2n) is 5.19. The Hall–Kier alpha value is -3.12. The normalized spacial score (nSPS) is 10.5. The van der Waals surface area contributed by atoms with Crippen LogP contribution in [0.4, 0.5) is 10.2 Å². The summed E-state index contributed by atoms with van der Waals surface area (Å²) in [5.41, 5.74) is 6.99. The Morgan fingerprint density at radius 2 is 2.04 bits per heavy atom. The van der Waals surface area contributed by atoms with Gasteiger partial charge in [-0.15, -0.1) is 0 Å². The molecule has 0 radical (unpaired) electrons. The molecule has 0 fully saturated rings. The number of ether oxygens (including phenoxy) is 1. The van der Waals surface area contributed by atoms with Gasteiger partial charge in [0.15, 0.2) is 11.0 Å². The van der Waals surface area contributed by atoms with Crippen molar-refractivity contribution in [2.75, 3.05) is 12.0 Å². The Balaban J connectivity index is 2.04. The monoisotopic (exact) mass is 370 g/mol. The number of rotatable bonds is 5. The van der Waals surface area contributed by atoms with Gasteiger partial charge in [0, 0.05) is 6.07 Å². The maximum Gasteiger partial charge on any atom is 0.225 e. The summed E-state index contributed by atoms with van der Waals surface area (Å²) in [4.78, 5) is 8.67. The van der Waals surface area contributed by atoms with Gasteiger partial charge in [0.25, 0.3) is 0 Å². The lowest BCUT2D eigenvalue weighted by Gasteiger charge is -2.09. The molecule has 3 rings (SSSR count). The first-order valence-corrected chi connectivity index (χ1v) is 8.92. The molecule has 2 heterocycles. The van der Waals surface area contributed by atoms with E-state index in [1.165, 1.54) is 40.7 Å². The third kappa shape index (κ3) is 3.45. The maximum atomic E-state index is 13.0. The summed E-state index contributed by atoms with van der Waals surface area (Å²) < 4.78 is 20.1. The van der Waals surface area contributed by atoms with Crippen LogP contribution in [-0.2, 0) is 6.42 Å². The third-order valence-electron chi connectivity index (χ3n) is 3.54. The topological polar surface area (TPSA) is 103 Å². The predicted octanol–water partition coefficient (Wildman–Crippen LogP) is 3.33. The van der Waals surface area contributed by atoms with E-state index in [1.54, 1.807) is 6.07 Å². The van der Waals surface area contributed by atoms with Crippen molar-refractivity contribution >= 4 is 17.6 Å². The first kappa shape index (κ1) is 17.7. The first-order valence-electron chi connectivity index (χ1n) is 7.70. The van der Waals surface area contributed by atoms with Crippen LogP contribution in [0.1, 0.15) is 18.2 Å². The van der Waals surface area contributed by atoms with Crippen LogP contribution >= 0.6 is 11.8 Å². The van der Waals surface area contributed by atoms with E-state index < -0.39 is 0 Å². The Kier molecular flexibility index (Phi) is 5.04. The molecule has 1 aromatic carbocycles. The van der Waals surface area contributed by atoms with Crippen LogP contribution in [0.3, 0.4) is 0 Å². The number of aromatic nitrogens is 4. The van der Waals surface area contributed by atoms with E-state index in [0.717, 1.165) is 0 Å². The maximum absolute atomic E-state index is 13.0. The molecule has 2 aromatic heterocycles. The van der Waals surface area contributed by atoms with Crippen molar-refractivity contribution in [3.63, 3.8) is 0 Å². The van der Waals surface area contributed by atoms with Gasteiger partial charge in [0.1, 0.15) is 29.0 Å². The van der Waals surface area contributed by atoms with Gasteiger partial charge in [-0.2, -0.15) is 20.0 Å². The smallest absolute Gasteiger partial charge is 0.225 e. The minimum absolute atomic E-state index is 0.211. The van der Waals surface area contributed by atoms with E-state index in [4.69, 9.17) is 10.5 Å². The van der Waals surface area contributed by atoms with Gasteiger partial charge < -0.3 is 10.5 Å². The highest BCUT2D eigenvalue weighted by atomic mass is 32.2. The average Bonchev–Trinajstić information content (AvgIpc) is 2.99. The number of hydrogen-bond acceptors (Lipinski definition) is 7. The van der Waals surface area contributed by atoms with Gasteiger partial charge in [0.2, 0.25) is 5.88 Å². The van der Waals surface area contributed by atoms with Gasteiger partial charge >= 0.3 is 0 Å². The molecule has 7 nitrogen and oxygen atoms in total. The molecule has 9 heteroatoms. The third-order valence-corrected chi connectivity index (χ3v) is 4.09. The van der Waals surface area contributed by atoms with Gasteiger partial charge in [-0.3, -0.25) is 0 Å². The Morgan fingerprint density at radius 3 is 2.62 bits per heavy atom. The van der Waals surface area contributed by atoms with Crippen LogP contribution < -0.4 is 10.5 Å². The molecule has 3 aromatic rings. The zero-order chi connectivity index (χ0) is 18.7. The zero-order valence-corrected chi connectivity index (χ0v) is 14.9. The Morgan fingerprint density at radius 1 is 1.31 bits per heavy atom. The number of benzene rings is 1. The lowest BCUT2D eigenvalue weighted by Crippen LogP contribution is -2.07. The molecule has 0 atom stereocenters. The number of anilines is 1. The van der Waals surface area contributed by atoms with Crippen molar-refractivity contribution in [1.29, 1.82) is 5.26 Å². The number of nitrogens with two attached hydrogens (primary N) is 1. The molecular weight excluding hydrogens is 355 g/mol. The fourth-order valence-electron chi connectivity index (χ4n) is 2.29. The number of nitrogen functional groups attached to an aromatic ring is 1. The summed E-state index contributed by atoms with van der Waals surface area (Å²) in [6.07, 6.45) is 2.39. The summed E-state index contributed by atoms with van der Waals surface area (Å²) in [5.74, 6) is 0.935. The molecule has 0 bridgehead atoms. The Labute approximate surface area is 153 Å². The molecule has 0 saturated heterocycles. The van der Waals surface area contributed by atoms with E-state index in [9.17, 15) is 9.65 Å². The van der Waals surface area contributed by atoms with E-state index in [0.29, 0.717) is 34.4 Å². The van der Waals surface area contributed by atoms with Crippen LogP contribution in [-0.4, -0.2) is 26.0 Å². The van der Waals surface area contributed by atoms with Crippen molar-refractivity contribution in [1.82, 2.24) is 19.7 Å². The van der Waals surface area contributed by atoms with Crippen molar-refractivity contribution in [2.45, 2.75) is 18.5 Å². The minimum atomic E-state index is -0.356. The highest BCUT2D eigenvalue weighted by molar-refractivity contribution is 7.98. The number of nitrogens with zero attached hydrogens (tertiary/aromatic N) is 5. The second-order valence-corrected chi connectivity index (χ2v) is 5.96. The predicted molar refractivity (Wildman–Crippen MR) is 95.9 cm³/mol. The molecule has 26 heavy (non-hydrogen) atoms. The molecule has 0 aliphatic carbocycles. The minimum Gasteiger partial charge on any atom is -0.439 e. The number of nitriles is 1. The fraction of sp³-hybridized carbons (Fsp3) is 0.176. The summed E-state index contributed by atoms with van der Waals surface area (Å²) in [6, 6.07) is 9.23. The fourth-order valence-corrected chi connectivity index (χ4v) is 2.66. The summed E-state index contributed by atoms with van der Waals surface area (Å²) in [6.45, 7) is 1.89. The highest BCUT2D eigenvalue weighted by Gasteiger charge is 2.18. The second kappa shape index (κ2) is 7.41. The molecule has 0 amide bonds. The lowest BCUT2D eigenvalue weighted by atomic mass is 10.2. The van der Waals surface area contributed by atoms with Crippen LogP contribution in [0.5, 0.6) is 11.6 Å². The average molecular weight is 370 g/mol. The van der Waals surface area contributed by atoms with Crippen LogP contribution in [0.25, 0.3) is 5.82 Å². The van der Waals surface area contributed by atoms with Crippen molar-refractivity contribution in [2.24, 2.45) is 0 Å². The van der Waals surface area contributed by atoms with E-state index in [-0.39, 0.29) is 17.5 Å². The molecule has 0 aliphatic heterocycles. The molecule has 2 N–H and O–H groups in total. The first-order chi connectivity index (χ1) is 12.5. The summed E-state index contributed by atoms with van der Waals surface area (Å²) in [7, 11) is 0. The number of thioether (sulfide) groups is 1. The molecule has 0 saturated carbocycles. The Bertz CT molecular complexity index is 980. The van der Waals surface area contributed by atoms with E-state index in [2.05, 4.69) is 21.1 Å². The lowest BCUT2D eigenvalue weighted by molar-refractivity contribution is 0.453. The molecule has 0 aliphatic rings. The number of halogens is 1. The summed E-state index contributed by atoms with van der Waals surface area (Å²) in [5, 5.41) is 14.1. The molecule has 0 unspecified atom stereocenters. The van der Waals surface area contributed by atoms with Crippen molar-refractivity contribution < 1.29 is 9.13 Å². The largest absolute Gasteiger partial charge is 0.439 e. The van der Waals surface area contributed by atoms with E-state index >= 15 is 0 Å². The van der Waals surface area contributed by atoms with Crippen LogP contribution in [0.15, 0.2) is 35.5 Å². The molecular formula is C17H15FN6OS. The van der Waals surface area contributed by atoms with Crippen molar-refractivity contribution in [3.8, 4) is 23.5 Å². The molecule has 0 spiro atoms. The quantitative estimate of drug-likeness (QED) is 0.543. The van der Waals surface area contributed by atoms with E-state index in [1.807, 2.05) is 13.2 Å². The van der Waals surface area contributed by atoms with Gasteiger partial charge in [0.05, 0.1) is 5.69 Å². The standard InChI is InChI=1S/C17H15FN6OS/c1-3-13-12(9-19)16(20)24(23-13)14-8-15(22-17(21-14)26-2)25-11-6-4-10(18)5-7-11/h4-8H,3,20H2,1-2H3. The van der Waals surface area contributed by atoms with Gasteiger partial charge in [-0.1, -0.05) is 18.7 Å². The zero-order valence-electron chi connectivity index (χ0n) is 14.1. The van der Waals surface area contributed by atoms with Crippen LogP contribution in [0.2, 0.25) is 0 Å². The van der Waals surface area contributed by atoms with Gasteiger partial charge in [-0.05, 0) is 36.9 Å². The van der Waals surface area contributed by atoms with Crippen molar-refractivity contribution in [3.05, 3.63) is 47.4 Å². The number of aryl methyl sites for hydroxylation is 1. The molecule has 132 valence electrons. The number of hydrogen-bond donors (Lipinski definition) is 1.